The van der Waals surface area contributed by atoms with Crippen LogP contribution >= 0.6 is 0 Å². The number of amides is 1. The highest BCUT2D eigenvalue weighted by molar-refractivity contribution is 5.84. The van der Waals surface area contributed by atoms with E-state index >= 15 is 0 Å². The molecule has 5 heteroatoms. The molecule has 14 heavy (non-hydrogen) atoms. The van der Waals surface area contributed by atoms with Gasteiger partial charge in [0.1, 0.15) is 0 Å². The minimum atomic E-state index is -0.481. The molecule has 4 N–H and O–H groups in total. The molecule has 1 rings (SSSR count). The van der Waals surface area contributed by atoms with E-state index in [0.29, 0.717) is 0 Å². The van der Waals surface area contributed by atoms with E-state index in [2.05, 4.69) is 12.3 Å². The highest BCUT2D eigenvalue weighted by Gasteiger charge is 1.94. The fourth-order valence-corrected chi connectivity index (χ4v) is 0.510. The molecule has 1 aliphatic rings. The van der Waals surface area contributed by atoms with E-state index in [4.69, 9.17) is 14.9 Å². The molecular weight excluding hydrogens is 186 g/mol. The normalized spacial score (nSPS) is 13.0. The summed E-state index contributed by atoms with van der Waals surface area (Å²) in [6.07, 6.45) is 3.61. The lowest BCUT2D eigenvalue weighted by molar-refractivity contribution is -0.113. The average Bonchev–Trinajstić information content (AvgIpc) is 2.76. The van der Waals surface area contributed by atoms with Gasteiger partial charge in [-0.2, -0.15) is 0 Å². The number of carbonyl (C=O) groups excluding carboxylic acids is 1. The first-order valence-corrected chi connectivity index (χ1v) is 4.40. The topological polar surface area (TPSA) is 92.8 Å². The van der Waals surface area contributed by atoms with E-state index in [1.807, 2.05) is 0 Å². The standard InChI is InChI=1S/C4H8O.C3H5NO.C2H6O2/c1-2-4-5-3-1;1-2-3(4)5;3-1-2-4/h1-4H2;2H,1H2,(H2,4,5);3-4H,1-2H2. The number of nitrogens with two attached hydrogens (primary N) is 1. The maximum Gasteiger partial charge on any atom is 0.240 e. The Labute approximate surface area is 84.2 Å². The second-order valence-electron chi connectivity index (χ2n) is 2.37. The average molecular weight is 205 g/mol. The van der Waals surface area contributed by atoms with Crippen LogP contribution in [0.3, 0.4) is 0 Å². The Morgan fingerprint density at radius 3 is 1.79 bits per heavy atom. The molecule has 1 saturated heterocycles. The van der Waals surface area contributed by atoms with Gasteiger partial charge in [-0.1, -0.05) is 6.58 Å². The van der Waals surface area contributed by atoms with Crippen LogP contribution in [0.5, 0.6) is 0 Å². The van der Waals surface area contributed by atoms with E-state index in [1.54, 1.807) is 0 Å². The van der Waals surface area contributed by atoms with Crippen molar-refractivity contribution in [2.45, 2.75) is 12.8 Å². The van der Waals surface area contributed by atoms with Crippen molar-refractivity contribution in [2.24, 2.45) is 5.73 Å². The first kappa shape index (κ1) is 15.6. The third-order valence-electron chi connectivity index (χ3n) is 1.13. The lowest BCUT2D eigenvalue weighted by Crippen LogP contribution is -2.04. The number of carbonyl (C=O) groups is 1. The summed E-state index contributed by atoms with van der Waals surface area (Å²) >= 11 is 0. The molecular formula is C9H19NO4. The second-order valence-corrected chi connectivity index (χ2v) is 2.37. The van der Waals surface area contributed by atoms with Crippen LogP contribution in [0.4, 0.5) is 0 Å². The number of hydrogen-bond donors (Lipinski definition) is 3. The zero-order valence-corrected chi connectivity index (χ0v) is 8.32. The van der Waals surface area contributed by atoms with E-state index in [-0.39, 0.29) is 13.2 Å². The Kier molecular flexibility index (Phi) is 16.2. The molecule has 1 aliphatic heterocycles. The summed E-state index contributed by atoms with van der Waals surface area (Å²) in [5.74, 6) is -0.481. The van der Waals surface area contributed by atoms with Crippen molar-refractivity contribution < 1.29 is 19.7 Å². The molecule has 0 saturated carbocycles. The van der Waals surface area contributed by atoms with Crippen LogP contribution in [0.25, 0.3) is 0 Å². The molecule has 0 radical (unpaired) electrons. The van der Waals surface area contributed by atoms with Crippen molar-refractivity contribution in [3.63, 3.8) is 0 Å². The van der Waals surface area contributed by atoms with Gasteiger partial charge in [0.15, 0.2) is 0 Å². The molecule has 1 amide bonds. The van der Waals surface area contributed by atoms with Crippen LogP contribution in [0.15, 0.2) is 12.7 Å². The molecule has 84 valence electrons. The van der Waals surface area contributed by atoms with Crippen molar-refractivity contribution >= 4 is 5.91 Å². The van der Waals surface area contributed by atoms with Gasteiger partial charge in [-0.3, -0.25) is 4.79 Å². The van der Waals surface area contributed by atoms with E-state index in [9.17, 15) is 4.79 Å². The summed E-state index contributed by atoms with van der Waals surface area (Å²) in [7, 11) is 0. The zero-order valence-electron chi connectivity index (χ0n) is 8.32. The Bertz CT molecular complexity index is 125. The van der Waals surface area contributed by atoms with Crippen molar-refractivity contribution in [3.8, 4) is 0 Å². The molecule has 0 bridgehead atoms. The van der Waals surface area contributed by atoms with Crippen LogP contribution < -0.4 is 5.73 Å². The summed E-state index contributed by atoms with van der Waals surface area (Å²) in [6, 6.07) is 0. The third kappa shape index (κ3) is 22.5. The SMILES string of the molecule is C1CCOC1.C=CC(N)=O.OCCO. The van der Waals surface area contributed by atoms with Gasteiger partial charge in [0.05, 0.1) is 13.2 Å². The van der Waals surface area contributed by atoms with Gasteiger partial charge in [-0.05, 0) is 18.9 Å². The molecule has 1 heterocycles. The monoisotopic (exact) mass is 205 g/mol. The molecule has 1 fully saturated rings. The predicted octanol–water partition coefficient (Wildman–Crippen LogP) is -0.574. The molecule has 0 aromatic rings. The van der Waals surface area contributed by atoms with Crippen molar-refractivity contribution in [3.05, 3.63) is 12.7 Å². The number of ether oxygens (including phenoxy) is 1. The second kappa shape index (κ2) is 14.6. The summed E-state index contributed by atoms with van der Waals surface area (Å²) in [5.41, 5.74) is 4.53. The highest BCUT2D eigenvalue weighted by atomic mass is 16.5. The van der Waals surface area contributed by atoms with Crippen LogP contribution in [-0.2, 0) is 9.53 Å². The van der Waals surface area contributed by atoms with E-state index < -0.39 is 5.91 Å². The van der Waals surface area contributed by atoms with Gasteiger partial charge >= 0.3 is 0 Å². The zero-order chi connectivity index (χ0) is 11.2. The largest absolute Gasteiger partial charge is 0.394 e. The van der Waals surface area contributed by atoms with Gasteiger partial charge in [-0.25, -0.2) is 0 Å². The minimum Gasteiger partial charge on any atom is -0.394 e. The number of aliphatic hydroxyl groups is 2. The maximum atomic E-state index is 9.47. The van der Waals surface area contributed by atoms with Crippen LogP contribution in [0.1, 0.15) is 12.8 Å². The first-order valence-electron chi connectivity index (χ1n) is 4.40. The number of hydrogen-bond acceptors (Lipinski definition) is 4. The quantitative estimate of drug-likeness (QED) is 0.526. The number of aliphatic hydroxyl groups excluding tert-OH is 2. The predicted molar refractivity (Wildman–Crippen MR) is 53.6 cm³/mol. The maximum absolute atomic E-state index is 9.47. The fourth-order valence-electron chi connectivity index (χ4n) is 0.510. The van der Waals surface area contributed by atoms with Crippen LogP contribution in [0, 0.1) is 0 Å². The lowest BCUT2D eigenvalue weighted by Gasteiger charge is -1.76. The Morgan fingerprint density at radius 2 is 1.71 bits per heavy atom. The fraction of sp³-hybridized carbons (Fsp3) is 0.667. The molecule has 0 aromatic heterocycles. The van der Waals surface area contributed by atoms with E-state index in [1.165, 1.54) is 12.8 Å². The Hall–Kier alpha value is -0.910. The van der Waals surface area contributed by atoms with Crippen molar-refractivity contribution in [2.75, 3.05) is 26.4 Å². The third-order valence-corrected chi connectivity index (χ3v) is 1.13. The molecule has 0 atom stereocenters. The van der Waals surface area contributed by atoms with Gasteiger partial charge < -0.3 is 20.7 Å². The van der Waals surface area contributed by atoms with Crippen molar-refractivity contribution in [1.82, 2.24) is 0 Å². The lowest BCUT2D eigenvalue weighted by atomic mass is 10.4. The molecule has 0 spiro atoms. The van der Waals surface area contributed by atoms with Crippen molar-refractivity contribution in [1.29, 1.82) is 0 Å². The van der Waals surface area contributed by atoms with Gasteiger partial charge in [-0.15, -0.1) is 0 Å². The Morgan fingerprint density at radius 1 is 1.36 bits per heavy atom. The molecule has 0 aromatic carbocycles. The summed E-state index contributed by atoms with van der Waals surface area (Å²) < 4.78 is 4.94. The van der Waals surface area contributed by atoms with Crippen LogP contribution in [0.2, 0.25) is 0 Å². The van der Waals surface area contributed by atoms with Gasteiger partial charge in [0.2, 0.25) is 5.91 Å². The van der Waals surface area contributed by atoms with E-state index in [0.717, 1.165) is 19.3 Å². The number of rotatable bonds is 2. The molecule has 0 unspecified atom stereocenters. The summed E-state index contributed by atoms with van der Waals surface area (Å²) in [5, 5.41) is 15.2. The first-order chi connectivity index (χ1) is 6.68. The summed E-state index contributed by atoms with van der Waals surface area (Å²) in [6.45, 7) is 4.84. The van der Waals surface area contributed by atoms with Crippen LogP contribution in [-0.4, -0.2) is 42.5 Å². The highest BCUT2D eigenvalue weighted by Crippen LogP contribution is 1.98. The Balaban J connectivity index is 0. The van der Waals surface area contributed by atoms with Gasteiger partial charge in [0, 0.05) is 13.2 Å². The summed E-state index contributed by atoms with van der Waals surface area (Å²) in [4.78, 5) is 9.47. The number of primary amides is 1. The van der Waals surface area contributed by atoms with Gasteiger partial charge in [0.25, 0.3) is 0 Å². The molecule has 5 nitrogen and oxygen atoms in total. The smallest absolute Gasteiger partial charge is 0.240 e. The minimum absolute atomic E-state index is 0.125. The molecule has 0 aliphatic carbocycles.